The smallest absolute Gasteiger partial charge is 0.145 e. The van der Waals surface area contributed by atoms with E-state index in [1.165, 1.54) is 12.1 Å². The Morgan fingerprint density at radius 2 is 1.90 bits per heavy atom. The molecule has 1 atom stereocenters. The van der Waals surface area contributed by atoms with Crippen molar-refractivity contribution in [3.05, 3.63) is 59.2 Å². The van der Waals surface area contributed by atoms with Crippen LogP contribution < -0.4 is 5.32 Å². The minimum absolute atomic E-state index is 0.189. The maximum Gasteiger partial charge on any atom is 0.145 e. The van der Waals surface area contributed by atoms with Gasteiger partial charge in [-0.2, -0.15) is 0 Å². The third-order valence-corrected chi connectivity index (χ3v) is 3.19. The normalized spacial score (nSPS) is 12.4. The molecule has 0 aliphatic carbocycles. The highest BCUT2D eigenvalue weighted by Crippen LogP contribution is 2.18. The summed E-state index contributed by atoms with van der Waals surface area (Å²) in [7, 11) is 0. The van der Waals surface area contributed by atoms with E-state index in [4.69, 9.17) is 0 Å². The number of hydrogen-bond donors (Lipinski definition) is 1. The largest absolute Gasteiger partial charge is 0.307 e. The topological polar surface area (TPSA) is 37.8 Å². The van der Waals surface area contributed by atoms with E-state index in [-0.39, 0.29) is 6.04 Å². The number of halogens is 2. The van der Waals surface area contributed by atoms with Crippen molar-refractivity contribution >= 4 is 0 Å². The number of nitrogens with one attached hydrogen (secondary N) is 1. The van der Waals surface area contributed by atoms with Crippen molar-refractivity contribution in [3.8, 4) is 0 Å². The van der Waals surface area contributed by atoms with Crippen LogP contribution in [0, 0.1) is 18.6 Å². The minimum Gasteiger partial charge on any atom is -0.307 e. The van der Waals surface area contributed by atoms with Crippen LogP contribution in [-0.2, 0) is 6.42 Å². The molecule has 0 aliphatic rings. The molecular formula is C16H19F2N3. The van der Waals surface area contributed by atoms with Crippen LogP contribution in [0.4, 0.5) is 8.78 Å². The van der Waals surface area contributed by atoms with Crippen molar-refractivity contribution in [1.29, 1.82) is 0 Å². The van der Waals surface area contributed by atoms with Gasteiger partial charge in [-0.1, -0.05) is 13.0 Å². The van der Waals surface area contributed by atoms with Crippen LogP contribution in [0.5, 0.6) is 0 Å². The molecule has 0 saturated heterocycles. The fourth-order valence-corrected chi connectivity index (χ4v) is 2.06. The fourth-order valence-electron chi connectivity index (χ4n) is 2.06. The van der Waals surface area contributed by atoms with Crippen LogP contribution in [0.1, 0.15) is 36.3 Å². The number of rotatable bonds is 6. The predicted octanol–water partition coefficient (Wildman–Crippen LogP) is 3.35. The summed E-state index contributed by atoms with van der Waals surface area (Å²) in [5.41, 5.74) is 1.43. The van der Waals surface area contributed by atoms with Gasteiger partial charge in [-0.3, -0.25) is 0 Å². The van der Waals surface area contributed by atoms with Crippen molar-refractivity contribution < 1.29 is 8.78 Å². The molecule has 0 saturated carbocycles. The average Bonchev–Trinajstić information content (AvgIpc) is 2.46. The van der Waals surface area contributed by atoms with E-state index < -0.39 is 11.6 Å². The first-order valence-corrected chi connectivity index (χ1v) is 7.06. The van der Waals surface area contributed by atoms with Gasteiger partial charge in [0.05, 0.1) is 6.04 Å². The summed E-state index contributed by atoms with van der Waals surface area (Å²) >= 11 is 0. The molecule has 3 nitrogen and oxygen atoms in total. The van der Waals surface area contributed by atoms with Crippen molar-refractivity contribution in [2.75, 3.05) is 6.54 Å². The van der Waals surface area contributed by atoms with Crippen LogP contribution >= 0.6 is 0 Å². The second-order valence-electron chi connectivity index (χ2n) is 5.07. The molecule has 1 aromatic carbocycles. The van der Waals surface area contributed by atoms with Gasteiger partial charge >= 0.3 is 0 Å². The summed E-state index contributed by atoms with van der Waals surface area (Å²) < 4.78 is 26.8. The lowest BCUT2D eigenvalue weighted by Crippen LogP contribution is -2.26. The first-order valence-electron chi connectivity index (χ1n) is 7.06. The van der Waals surface area contributed by atoms with E-state index in [2.05, 4.69) is 22.2 Å². The second-order valence-corrected chi connectivity index (χ2v) is 5.07. The molecule has 1 N–H and O–H groups in total. The molecule has 2 aromatic rings. The molecule has 112 valence electrons. The fraction of sp³-hybridized carbons (Fsp3) is 0.375. The zero-order chi connectivity index (χ0) is 15.2. The Labute approximate surface area is 123 Å². The molecule has 5 heteroatoms. The SMILES string of the molecule is CCCNC(Cc1ccc(F)cc1F)c1ncc(C)cn1. The standard InChI is InChI=1S/C16H19F2N3/c1-3-6-19-15(16-20-9-11(2)10-21-16)7-12-4-5-13(17)8-14(12)18/h4-5,8-10,15,19H,3,6-7H2,1-2H3. The van der Waals surface area contributed by atoms with Gasteiger partial charge < -0.3 is 5.32 Å². The maximum atomic E-state index is 13.8. The number of aromatic nitrogens is 2. The number of nitrogens with zero attached hydrogens (tertiary/aromatic N) is 2. The van der Waals surface area contributed by atoms with Crippen molar-refractivity contribution in [1.82, 2.24) is 15.3 Å². The summed E-state index contributed by atoms with van der Waals surface area (Å²) in [4.78, 5) is 8.61. The monoisotopic (exact) mass is 291 g/mol. The van der Waals surface area contributed by atoms with Gasteiger partial charge in [0, 0.05) is 18.5 Å². The third kappa shape index (κ3) is 4.29. The van der Waals surface area contributed by atoms with E-state index in [1.54, 1.807) is 12.4 Å². The summed E-state index contributed by atoms with van der Waals surface area (Å²) in [6.07, 6.45) is 4.82. The molecule has 0 spiro atoms. The van der Waals surface area contributed by atoms with Gasteiger partial charge in [0.2, 0.25) is 0 Å². The van der Waals surface area contributed by atoms with E-state index in [9.17, 15) is 8.78 Å². The zero-order valence-electron chi connectivity index (χ0n) is 12.2. The Balaban J connectivity index is 2.21. The van der Waals surface area contributed by atoms with Crippen molar-refractivity contribution in [3.63, 3.8) is 0 Å². The van der Waals surface area contributed by atoms with Crippen molar-refractivity contribution in [2.45, 2.75) is 32.7 Å². The predicted molar refractivity (Wildman–Crippen MR) is 77.9 cm³/mol. The molecule has 2 rings (SSSR count). The summed E-state index contributed by atoms with van der Waals surface area (Å²) in [6, 6.07) is 3.46. The lowest BCUT2D eigenvalue weighted by Gasteiger charge is -2.17. The Morgan fingerprint density at radius 1 is 1.19 bits per heavy atom. The third-order valence-electron chi connectivity index (χ3n) is 3.19. The van der Waals surface area contributed by atoms with Gasteiger partial charge in [0.15, 0.2) is 0 Å². The van der Waals surface area contributed by atoms with Gasteiger partial charge in [-0.15, -0.1) is 0 Å². The van der Waals surface area contributed by atoms with Crippen LogP contribution in [-0.4, -0.2) is 16.5 Å². The summed E-state index contributed by atoms with van der Waals surface area (Å²) in [5, 5.41) is 3.31. The van der Waals surface area contributed by atoms with E-state index in [0.29, 0.717) is 17.8 Å². The zero-order valence-corrected chi connectivity index (χ0v) is 12.2. The van der Waals surface area contributed by atoms with Crippen LogP contribution in [0.3, 0.4) is 0 Å². The summed E-state index contributed by atoms with van der Waals surface area (Å²) in [6.45, 7) is 4.75. The van der Waals surface area contributed by atoms with Crippen LogP contribution in [0.2, 0.25) is 0 Å². The number of hydrogen-bond acceptors (Lipinski definition) is 3. The lowest BCUT2D eigenvalue weighted by molar-refractivity contribution is 0.488. The van der Waals surface area contributed by atoms with E-state index in [0.717, 1.165) is 24.6 Å². The Kier molecular flexibility index (Phi) is 5.33. The molecule has 0 radical (unpaired) electrons. The maximum absolute atomic E-state index is 13.8. The summed E-state index contributed by atoms with van der Waals surface area (Å²) in [5.74, 6) is -0.482. The molecule has 1 unspecified atom stereocenters. The lowest BCUT2D eigenvalue weighted by atomic mass is 10.0. The van der Waals surface area contributed by atoms with Gasteiger partial charge in [-0.25, -0.2) is 18.7 Å². The molecule has 21 heavy (non-hydrogen) atoms. The van der Waals surface area contributed by atoms with Gasteiger partial charge in [-0.05, 0) is 43.5 Å². The van der Waals surface area contributed by atoms with E-state index >= 15 is 0 Å². The molecule has 0 amide bonds. The Morgan fingerprint density at radius 3 is 2.52 bits per heavy atom. The van der Waals surface area contributed by atoms with Crippen LogP contribution in [0.25, 0.3) is 0 Å². The Hall–Kier alpha value is -1.88. The highest BCUT2D eigenvalue weighted by Gasteiger charge is 2.16. The first kappa shape index (κ1) is 15.5. The minimum atomic E-state index is -0.569. The average molecular weight is 291 g/mol. The highest BCUT2D eigenvalue weighted by atomic mass is 19.1. The van der Waals surface area contributed by atoms with Crippen LogP contribution in [0.15, 0.2) is 30.6 Å². The molecule has 0 bridgehead atoms. The van der Waals surface area contributed by atoms with E-state index in [1.807, 2.05) is 6.92 Å². The number of aryl methyl sites for hydroxylation is 1. The first-order chi connectivity index (χ1) is 10.1. The molecule has 0 aliphatic heterocycles. The molecule has 1 aromatic heterocycles. The van der Waals surface area contributed by atoms with Gasteiger partial charge in [0.1, 0.15) is 17.5 Å². The van der Waals surface area contributed by atoms with Gasteiger partial charge in [0.25, 0.3) is 0 Å². The number of benzene rings is 1. The molecule has 1 heterocycles. The Bertz CT molecular complexity index is 585. The van der Waals surface area contributed by atoms with Crippen molar-refractivity contribution in [2.24, 2.45) is 0 Å². The second kappa shape index (κ2) is 7.22. The highest BCUT2D eigenvalue weighted by molar-refractivity contribution is 5.21. The quantitative estimate of drug-likeness (QED) is 0.887. The molecular weight excluding hydrogens is 272 g/mol. The molecule has 0 fully saturated rings.